The number of aromatic amines is 1. The third kappa shape index (κ3) is 2.53. The summed E-state index contributed by atoms with van der Waals surface area (Å²) in [6, 6.07) is 8.38. The summed E-state index contributed by atoms with van der Waals surface area (Å²) in [4.78, 5) is 39.2. The molecule has 1 aromatic carbocycles. The van der Waals surface area contributed by atoms with E-state index in [1.807, 2.05) is 0 Å². The number of hydrogen-bond acceptors (Lipinski definition) is 5. The molecule has 1 aliphatic rings. The Bertz CT molecular complexity index is 913. The van der Waals surface area contributed by atoms with Crippen LogP contribution in [0.1, 0.15) is 15.9 Å². The highest BCUT2D eigenvalue weighted by Gasteiger charge is 2.45. The summed E-state index contributed by atoms with van der Waals surface area (Å²) in [5, 5.41) is 9.33. The van der Waals surface area contributed by atoms with Crippen LogP contribution < -0.4 is 11.2 Å². The van der Waals surface area contributed by atoms with Gasteiger partial charge in [0.05, 0.1) is 6.61 Å². The molecule has 2 aromatic rings. The lowest BCUT2D eigenvalue weighted by molar-refractivity contribution is -0.0706. The zero-order valence-electron chi connectivity index (χ0n) is 12.9. The van der Waals surface area contributed by atoms with E-state index >= 15 is 0 Å². The van der Waals surface area contributed by atoms with E-state index in [1.165, 1.54) is 25.3 Å². The van der Waals surface area contributed by atoms with Gasteiger partial charge in [-0.25, -0.2) is 4.79 Å². The number of carbonyl (C=O) groups excluding carboxylic acids is 1. The van der Waals surface area contributed by atoms with Crippen LogP contribution in [-0.2, 0) is 10.5 Å². The van der Waals surface area contributed by atoms with Gasteiger partial charge in [-0.2, -0.15) is 0 Å². The minimum atomic E-state index is -1.75. The molecule has 7 nitrogen and oxygen atoms in total. The van der Waals surface area contributed by atoms with E-state index in [0.29, 0.717) is 5.56 Å². The number of ether oxygens (including phenoxy) is 1. The van der Waals surface area contributed by atoms with Crippen LogP contribution in [0.2, 0.25) is 0 Å². The summed E-state index contributed by atoms with van der Waals surface area (Å²) in [7, 11) is 0. The number of nitrogens with one attached hydrogen (secondary N) is 1. The Balaban J connectivity index is 2.21. The van der Waals surface area contributed by atoms with Crippen molar-refractivity contribution >= 4 is 5.78 Å². The first-order valence-electron chi connectivity index (χ1n) is 7.39. The fourth-order valence-electron chi connectivity index (χ4n) is 2.63. The van der Waals surface area contributed by atoms with E-state index in [4.69, 9.17) is 4.74 Å². The number of aromatic nitrogens is 2. The summed E-state index contributed by atoms with van der Waals surface area (Å²) in [6.07, 6.45) is 3.51. The largest absolute Gasteiger partial charge is 0.393 e. The van der Waals surface area contributed by atoms with E-state index in [0.717, 1.165) is 4.57 Å². The SMILES string of the molecule is Cc1cn([C@@]2(C(=O)c3ccccc3)C=C[C@@H](CO)O2)c(=O)[nH]c1=O. The van der Waals surface area contributed by atoms with Crippen molar-refractivity contribution in [1.82, 2.24) is 9.55 Å². The highest BCUT2D eigenvalue weighted by Crippen LogP contribution is 2.31. The molecule has 0 saturated carbocycles. The van der Waals surface area contributed by atoms with Crippen molar-refractivity contribution in [2.45, 2.75) is 18.8 Å². The lowest BCUT2D eigenvalue weighted by atomic mass is 10.0. The molecule has 2 heterocycles. The van der Waals surface area contributed by atoms with E-state index in [9.17, 15) is 19.5 Å². The normalized spacial score (nSPS) is 22.7. The molecular weight excluding hydrogens is 312 g/mol. The van der Waals surface area contributed by atoms with Gasteiger partial charge >= 0.3 is 5.69 Å². The van der Waals surface area contributed by atoms with Crippen molar-refractivity contribution < 1.29 is 14.6 Å². The molecule has 2 N–H and O–H groups in total. The third-order valence-corrected chi connectivity index (χ3v) is 3.89. The van der Waals surface area contributed by atoms with E-state index in [1.54, 1.807) is 30.3 Å². The second kappa shape index (κ2) is 6.03. The smallest absolute Gasteiger partial charge is 0.331 e. The van der Waals surface area contributed by atoms with Crippen molar-refractivity contribution in [2.24, 2.45) is 0 Å². The van der Waals surface area contributed by atoms with Crippen LogP contribution in [0.5, 0.6) is 0 Å². The Hall–Kier alpha value is -2.77. The molecule has 24 heavy (non-hydrogen) atoms. The number of hydrogen-bond donors (Lipinski definition) is 2. The number of aliphatic hydroxyl groups is 1. The van der Waals surface area contributed by atoms with Crippen LogP contribution in [0.25, 0.3) is 0 Å². The molecule has 1 aliphatic heterocycles. The molecule has 0 saturated heterocycles. The monoisotopic (exact) mass is 328 g/mol. The molecule has 0 radical (unpaired) electrons. The number of Topliss-reactive ketones (excluding diaryl/α,β-unsaturated/α-hetero) is 1. The highest BCUT2D eigenvalue weighted by molar-refractivity contribution is 6.02. The Morgan fingerprint density at radius 3 is 2.67 bits per heavy atom. The first kappa shape index (κ1) is 16.1. The number of aliphatic hydroxyl groups excluding tert-OH is 1. The van der Waals surface area contributed by atoms with Crippen molar-refractivity contribution in [1.29, 1.82) is 0 Å². The van der Waals surface area contributed by atoms with Crippen LogP contribution in [0.15, 0.2) is 58.3 Å². The fourth-order valence-corrected chi connectivity index (χ4v) is 2.63. The molecule has 0 unspecified atom stereocenters. The predicted molar refractivity (Wildman–Crippen MR) is 85.9 cm³/mol. The Labute approximate surface area is 136 Å². The maximum Gasteiger partial charge on any atom is 0.331 e. The summed E-state index contributed by atoms with van der Waals surface area (Å²) in [6.45, 7) is 1.19. The van der Waals surface area contributed by atoms with Crippen molar-refractivity contribution in [2.75, 3.05) is 6.61 Å². The average molecular weight is 328 g/mol. The maximum absolute atomic E-state index is 13.1. The second-order valence-corrected chi connectivity index (χ2v) is 5.53. The van der Waals surface area contributed by atoms with Crippen LogP contribution >= 0.6 is 0 Å². The molecule has 0 bridgehead atoms. The van der Waals surface area contributed by atoms with Crippen molar-refractivity contribution in [3.05, 3.63) is 80.6 Å². The van der Waals surface area contributed by atoms with E-state index in [-0.39, 0.29) is 12.2 Å². The molecule has 0 fully saturated rings. The highest BCUT2D eigenvalue weighted by atomic mass is 16.5. The maximum atomic E-state index is 13.1. The predicted octanol–water partition coefficient (Wildman–Crippen LogP) is 0.328. The van der Waals surface area contributed by atoms with Gasteiger partial charge in [-0.3, -0.25) is 19.1 Å². The zero-order valence-corrected chi connectivity index (χ0v) is 12.9. The Morgan fingerprint density at radius 2 is 2.04 bits per heavy atom. The molecule has 1 aromatic heterocycles. The number of rotatable bonds is 4. The van der Waals surface area contributed by atoms with Gasteiger partial charge in [0.2, 0.25) is 11.5 Å². The molecule has 3 rings (SSSR count). The molecule has 0 spiro atoms. The van der Waals surface area contributed by atoms with Crippen molar-refractivity contribution in [3.63, 3.8) is 0 Å². The van der Waals surface area contributed by atoms with Crippen molar-refractivity contribution in [3.8, 4) is 0 Å². The average Bonchev–Trinajstić information content (AvgIpc) is 3.03. The molecule has 124 valence electrons. The van der Waals surface area contributed by atoms with Crippen LogP contribution in [0.4, 0.5) is 0 Å². The summed E-state index contributed by atoms with van der Waals surface area (Å²) in [5.74, 6) is -0.469. The second-order valence-electron chi connectivity index (χ2n) is 5.53. The first-order chi connectivity index (χ1) is 11.5. The van der Waals surface area contributed by atoms with Gasteiger partial charge in [0.25, 0.3) is 5.56 Å². The number of ketones is 1. The van der Waals surface area contributed by atoms with Gasteiger partial charge in [-0.1, -0.05) is 36.4 Å². The van der Waals surface area contributed by atoms with Gasteiger partial charge in [-0.15, -0.1) is 0 Å². The van der Waals surface area contributed by atoms with Crippen LogP contribution in [0.3, 0.4) is 0 Å². The molecule has 0 aliphatic carbocycles. The third-order valence-electron chi connectivity index (χ3n) is 3.89. The lowest BCUT2D eigenvalue weighted by Crippen LogP contribution is -2.50. The van der Waals surface area contributed by atoms with E-state index < -0.39 is 28.9 Å². The van der Waals surface area contributed by atoms with Gasteiger partial charge in [0, 0.05) is 17.3 Å². The van der Waals surface area contributed by atoms with E-state index in [2.05, 4.69) is 4.98 Å². The van der Waals surface area contributed by atoms with Gasteiger partial charge < -0.3 is 9.84 Å². The first-order valence-corrected chi connectivity index (χ1v) is 7.39. The van der Waals surface area contributed by atoms with Gasteiger partial charge in [0.15, 0.2) is 0 Å². The molecule has 0 amide bonds. The molecular formula is C17H16N2O5. The quantitative estimate of drug-likeness (QED) is 0.622. The molecule has 2 atom stereocenters. The number of benzene rings is 1. The summed E-state index contributed by atoms with van der Waals surface area (Å²) in [5.41, 5.74) is -2.44. The van der Waals surface area contributed by atoms with Crippen LogP contribution in [-0.4, -0.2) is 33.2 Å². The summed E-state index contributed by atoms with van der Waals surface area (Å²) < 4.78 is 6.75. The topological polar surface area (TPSA) is 101 Å². The number of nitrogens with zero attached hydrogens (tertiary/aromatic N) is 1. The molecule has 7 heteroatoms. The number of H-pyrrole nitrogens is 1. The minimum absolute atomic E-state index is 0.263. The minimum Gasteiger partial charge on any atom is -0.393 e. The standard InChI is InChI=1S/C17H16N2O5/c1-11-9-19(16(23)18-15(11)22)17(8-7-13(10-20)24-17)14(21)12-5-3-2-4-6-12/h2-9,13,20H,10H2,1H3,(H,18,22,23)/t13-,17-/m0/s1. The summed E-state index contributed by atoms with van der Waals surface area (Å²) >= 11 is 0. The fraction of sp³-hybridized carbons (Fsp3) is 0.235. The number of carbonyl (C=O) groups is 1. The Morgan fingerprint density at radius 1 is 1.33 bits per heavy atom. The van der Waals surface area contributed by atoms with Gasteiger partial charge in [0.1, 0.15) is 6.10 Å². The lowest BCUT2D eigenvalue weighted by Gasteiger charge is -2.29. The van der Waals surface area contributed by atoms with Crippen LogP contribution in [0, 0.1) is 6.92 Å². The van der Waals surface area contributed by atoms with Gasteiger partial charge in [-0.05, 0) is 13.0 Å². The zero-order chi connectivity index (χ0) is 17.3. The number of aryl methyl sites for hydroxylation is 1. The Kier molecular flexibility index (Phi) is 4.04.